The third-order valence-corrected chi connectivity index (χ3v) is 1.62. The quantitative estimate of drug-likeness (QED) is 0.675. The molecule has 5 nitrogen and oxygen atoms in total. The zero-order valence-electron chi connectivity index (χ0n) is 9.85. The van der Waals surface area contributed by atoms with E-state index in [0.717, 1.165) is 0 Å². The van der Waals surface area contributed by atoms with Crippen molar-refractivity contribution in [2.24, 2.45) is 0 Å². The van der Waals surface area contributed by atoms with Crippen LogP contribution in [-0.2, 0) is 4.57 Å². The number of rotatable bonds is 6. The van der Waals surface area contributed by atoms with E-state index in [1.165, 1.54) is 38.9 Å². The number of nitrogens with zero attached hydrogens (tertiary/aromatic N) is 1. The second-order valence-electron chi connectivity index (χ2n) is 3.33. The fourth-order valence-corrected chi connectivity index (χ4v) is 1.28. The summed E-state index contributed by atoms with van der Waals surface area (Å²) in [7, 11) is -4.89. The maximum Gasteiger partial charge on any atom is 0.262 e. The molecule has 0 unspecified atom stereocenters. The predicted molar refractivity (Wildman–Crippen MR) is 59.4 cm³/mol. The van der Waals surface area contributed by atoms with Crippen molar-refractivity contribution in [3.05, 3.63) is 0 Å². The topological polar surface area (TPSA) is 83.8 Å². The van der Waals surface area contributed by atoms with E-state index in [1.54, 1.807) is 0 Å². The van der Waals surface area contributed by atoms with E-state index in [0.29, 0.717) is 0 Å². The highest BCUT2D eigenvalue weighted by atomic mass is 31.2. The Labute approximate surface area is 92.4 Å². The molecular weight excluding hydrogens is 217 g/mol. The van der Waals surface area contributed by atoms with Crippen molar-refractivity contribution in [1.29, 1.82) is 0 Å². The van der Waals surface area contributed by atoms with Gasteiger partial charge < -0.3 is 19.6 Å². The standard InChI is InChI=1S/C9H21N.H3O4P/c1-4-7-10(8-5-2)9-6-3;1-5(2,3)4/h4-9H2,1-3H3;(H3,1,2,3,4)/p-1. The molecular formula is C9H23NO4P-. The van der Waals surface area contributed by atoms with E-state index in [2.05, 4.69) is 25.7 Å². The van der Waals surface area contributed by atoms with Gasteiger partial charge in [-0.25, -0.2) is 0 Å². The zero-order valence-corrected chi connectivity index (χ0v) is 10.7. The minimum atomic E-state index is -4.89. The van der Waals surface area contributed by atoms with Crippen LogP contribution in [0.1, 0.15) is 40.0 Å². The molecule has 0 amide bonds. The lowest BCUT2D eigenvalue weighted by molar-refractivity contribution is -0.214. The zero-order chi connectivity index (χ0) is 12.3. The first kappa shape index (κ1) is 17.5. The predicted octanol–water partition coefficient (Wildman–Crippen LogP) is 0.958. The highest BCUT2D eigenvalue weighted by molar-refractivity contribution is 7.43. The van der Waals surface area contributed by atoms with Gasteiger partial charge in [0.25, 0.3) is 7.82 Å². The van der Waals surface area contributed by atoms with Gasteiger partial charge in [0.15, 0.2) is 0 Å². The fraction of sp³-hybridized carbons (Fsp3) is 1.00. The molecule has 0 heterocycles. The number of phosphoric acid groups is 1. The average molecular weight is 240 g/mol. The summed E-state index contributed by atoms with van der Waals surface area (Å²) in [6.45, 7) is 10.6. The van der Waals surface area contributed by atoms with Crippen molar-refractivity contribution in [3.63, 3.8) is 0 Å². The van der Waals surface area contributed by atoms with Crippen LogP contribution in [0, 0.1) is 0 Å². The second kappa shape index (κ2) is 10.6. The van der Waals surface area contributed by atoms with Crippen molar-refractivity contribution in [2.45, 2.75) is 40.0 Å². The monoisotopic (exact) mass is 240 g/mol. The Kier molecular flexibility index (Phi) is 12.3. The van der Waals surface area contributed by atoms with Crippen LogP contribution in [0.25, 0.3) is 0 Å². The molecule has 0 aromatic heterocycles. The minimum Gasteiger partial charge on any atom is -0.756 e. The largest absolute Gasteiger partial charge is 0.756 e. The summed E-state index contributed by atoms with van der Waals surface area (Å²) < 4.78 is 8.77. The fourth-order valence-electron chi connectivity index (χ4n) is 1.28. The summed E-state index contributed by atoms with van der Waals surface area (Å²) in [6, 6.07) is 0. The molecule has 0 aromatic carbocycles. The van der Waals surface area contributed by atoms with E-state index in [9.17, 15) is 0 Å². The molecule has 0 rings (SSSR count). The van der Waals surface area contributed by atoms with Gasteiger partial charge >= 0.3 is 0 Å². The first-order valence-corrected chi connectivity index (χ1v) is 6.87. The summed E-state index contributed by atoms with van der Waals surface area (Å²) in [6.07, 6.45) is 3.88. The van der Waals surface area contributed by atoms with Crippen molar-refractivity contribution >= 4 is 7.82 Å². The molecule has 0 fully saturated rings. The van der Waals surface area contributed by atoms with Gasteiger partial charge in [-0.05, 0) is 38.9 Å². The van der Waals surface area contributed by atoms with E-state index in [1.807, 2.05) is 0 Å². The molecule has 0 atom stereocenters. The van der Waals surface area contributed by atoms with Crippen molar-refractivity contribution in [2.75, 3.05) is 19.6 Å². The molecule has 0 saturated heterocycles. The van der Waals surface area contributed by atoms with Crippen LogP contribution in [0.15, 0.2) is 0 Å². The van der Waals surface area contributed by atoms with Gasteiger partial charge in [-0.15, -0.1) is 0 Å². The molecule has 0 aliphatic heterocycles. The van der Waals surface area contributed by atoms with Crippen LogP contribution >= 0.6 is 7.82 Å². The molecule has 0 aliphatic carbocycles. The number of hydrogen-bond donors (Lipinski definition) is 2. The van der Waals surface area contributed by atoms with Crippen LogP contribution in [0.4, 0.5) is 0 Å². The Morgan fingerprint density at radius 3 is 1.33 bits per heavy atom. The smallest absolute Gasteiger partial charge is 0.262 e. The van der Waals surface area contributed by atoms with Crippen molar-refractivity contribution in [1.82, 2.24) is 4.90 Å². The lowest BCUT2D eigenvalue weighted by Gasteiger charge is -2.19. The van der Waals surface area contributed by atoms with Gasteiger partial charge in [0.1, 0.15) is 0 Å². The SMILES string of the molecule is CCCN(CCC)CCC.O=P([O-])(O)O. The van der Waals surface area contributed by atoms with Crippen molar-refractivity contribution < 1.29 is 19.2 Å². The average Bonchev–Trinajstić information content (AvgIpc) is 2.02. The van der Waals surface area contributed by atoms with Crippen LogP contribution in [-0.4, -0.2) is 34.3 Å². The Bertz CT molecular complexity index is 149. The van der Waals surface area contributed by atoms with E-state index in [-0.39, 0.29) is 0 Å². The van der Waals surface area contributed by atoms with Crippen LogP contribution in [0.3, 0.4) is 0 Å². The molecule has 0 bridgehead atoms. The summed E-state index contributed by atoms with van der Waals surface area (Å²) >= 11 is 0. The lowest BCUT2D eigenvalue weighted by Crippen LogP contribution is -2.25. The molecule has 0 saturated carbocycles. The Morgan fingerprint density at radius 2 is 1.20 bits per heavy atom. The van der Waals surface area contributed by atoms with Gasteiger partial charge in [0, 0.05) is 0 Å². The summed E-state index contributed by atoms with van der Waals surface area (Å²) in [4.78, 5) is 25.5. The summed E-state index contributed by atoms with van der Waals surface area (Å²) in [5.41, 5.74) is 0. The summed E-state index contributed by atoms with van der Waals surface area (Å²) in [5, 5.41) is 0. The third kappa shape index (κ3) is 24.9. The first-order chi connectivity index (χ1) is 6.85. The van der Waals surface area contributed by atoms with Gasteiger partial charge in [-0.3, -0.25) is 4.57 Å². The Hall–Kier alpha value is 0.0700. The maximum absolute atomic E-state index is 8.77. The third-order valence-electron chi connectivity index (χ3n) is 1.62. The normalized spacial score (nSPS) is 11.1. The minimum absolute atomic E-state index is 1.28. The highest BCUT2D eigenvalue weighted by Crippen LogP contribution is 2.18. The van der Waals surface area contributed by atoms with Gasteiger partial charge in [0.05, 0.1) is 0 Å². The molecule has 0 spiro atoms. The molecule has 0 radical (unpaired) electrons. The van der Waals surface area contributed by atoms with Crippen LogP contribution in [0.2, 0.25) is 0 Å². The Balaban J connectivity index is 0. The van der Waals surface area contributed by atoms with E-state index >= 15 is 0 Å². The molecule has 0 aliphatic rings. The number of hydrogen-bond acceptors (Lipinski definition) is 3. The molecule has 2 N–H and O–H groups in total. The Morgan fingerprint density at radius 1 is 1.00 bits per heavy atom. The molecule has 0 aromatic rings. The lowest BCUT2D eigenvalue weighted by atomic mass is 10.3. The van der Waals surface area contributed by atoms with Crippen LogP contribution < -0.4 is 4.89 Å². The molecule has 94 valence electrons. The first-order valence-electron chi connectivity index (χ1n) is 5.34. The van der Waals surface area contributed by atoms with Gasteiger partial charge in [-0.2, -0.15) is 0 Å². The van der Waals surface area contributed by atoms with Crippen LogP contribution in [0.5, 0.6) is 0 Å². The van der Waals surface area contributed by atoms with E-state index < -0.39 is 7.82 Å². The molecule has 15 heavy (non-hydrogen) atoms. The molecule has 6 heteroatoms. The second-order valence-corrected chi connectivity index (χ2v) is 4.31. The van der Waals surface area contributed by atoms with Gasteiger partial charge in [-0.1, -0.05) is 20.8 Å². The highest BCUT2D eigenvalue weighted by Gasteiger charge is 1.98. The van der Waals surface area contributed by atoms with Crippen molar-refractivity contribution in [3.8, 4) is 0 Å². The van der Waals surface area contributed by atoms with E-state index in [4.69, 9.17) is 19.2 Å². The van der Waals surface area contributed by atoms with Gasteiger partial charge in [0.2, 0.25) is 0 Å². The maximum atomic E-state index is 8.77. The summed E-state index contributed by atoms with van der Waals surface area (Å²) in [5.74, 6) is 0.